The molecule has 0 atom stereocenters. The first-order valence-corrected chi connectivity index (χ1v) is 9.58. The molecule has 1 aliphatic carbocycles. The first kappa shape index (κ1) is 20.9. The summed E-state index contributed by atoms with van der Waals surface area (Å²) in [6.07, 6.45) is 2.07. The van der Waals surface area contributed by atoms with Crippen LogP contribution in [0.1, 0.15) is 24.0 Å². The fourth-order valence-corrected chi connectivity index (χ4v) is 3.28. The summed E-state index contributed by atoms with van der Waals surface area (Å²) in [6.45, 7) is 0.978. The van der Waals surface area contributed by atoms with Gasteiger partial charge >= 0.3 is 0 Å². The minimum Gasteiger partial charge on any atom is -0.493 e. The van der Waals surface area contributed by atoms with Crippen molar-refractivity contribution in [3.63, 3.8) is 0 Å². The zero-order valence-corrected chi connectivity index (χ0v) is 17.0. The summed E-state index contributed by atoms with van der Waals surface area (Å²) in [5, 5.41) is 2.93. The number of ether oxygens (including phenoxy) is 3. The van der Waals surface area contributed by atoms with Crippen molar-refractivity contribution in [2.75, 3.05) is 27.9 Å². The van der Waals surface area contributed by atoms with Gasteiger partial charge in [-0.15, -0.1) is 0 Å². The minimum absolute atomic E-state index is 0.109. The fourth-order valence-electron chi connectivity index (χ4n) is 3.28. The number of nitrogens with one attached hydrogen (secondary N) is 1. The van der Waals surface area contributed by atoms with Crippen LogP contribution in [0.3, 0.4) is 0 Å². The van der Waals surface area contributed by atoms with Gasteiger partial charge in [-0.2, -0.15) is 0 Å². The lowest BCUT2D eigenvalue weighted by Crippen LogP contribution is -2.38. The number of halogens is 1. The van der Waals surface area contributed by atoms with Crippen LogP contribution < -0.4 is 19.5 Å². The average molecular weight is 402 g/mol. The molecule has 0 heterocycles. The average Bonchev–Trinajstić information content (AvgIpc) is 3.57. The Morgan fingerprint density at radius 2 is 1.76 bits per heavy atom. The Morgan fingerprint density at radius 1 is 1.10 bits per heavy atom. The predicted molar refractivity (Wildman–Crippen MR) is 108 cm³/mol. The highest BCUT2D eigenvalue weighted by Crippen LogP contribution is 2.38. The Labute approximate surface area is 170 Å². The van der Waals surface area contributed by atoms with Crippen molar-refractivity contribution in [3.8, 4) is 17.2 Å². The molecule has 2 aromatic carbocycles. The quantitative estimate of drug-likeness (QED) is 0.662. The van der Waals surface area contributed by atoms with E-state index in [1.54, 1.807) is 45.6 Å². The highest BCUT2D eigenvalue weighted by molar-refractivity contribution is 5.78. The third-order valence-corrected chi connectivity index (χ3v) is 4.96. The Bertz CT molecular complexity index is 829. The molecule has 0 radical (unpaired) electrons. The van der Waals surface area contributed by atoms with Gasteiger partial charge in [0, 0.05) is 24.7 Å². The molecular formula is C22H27FN2O4. The molecular weight excluding hydrogens is 375 g/mol. The van der Waals surface area contributed by atoms with E-state index in [2.05, 4.69) is 5.32 Å². The molecule has 156 valence electrons. The number of nitrogens with zero attached hydrogens (tertiary/aromatic N) is 1. The second kappa shape index (κ2) is 9.60. The van der Waals surface area contributed by atoms with Crippen LogP contribution in [-0.4, -0.2) is 44.7 Å². The van der Waals surface area contributed by atoms with E-state index >= 15 is 0 Å². The first-order chi connectivity index (χ1) is 14.0. The van der Waals surface area contributed by atoms with Crippen molar-refractivity contribution < 1.29 is 23.4 Å². The first-order valence-electron chi connectivity index (χ1n) is 9.58. The predicted octanol–water partition coefficient (Wildman–Crippen LogP) is 3.13. The van der Waals surface area contributed by atoms with Crippen molar-refractivity contribution in [2.45, 2.75) is 32.0 Å². The van der Waals surface area contributed by atoms with Crippen LogP contribution in [0.5, 0.6) is 17.2 Å². The van der Waals surface area contributed by atoms with Crippen molar-refractivity contribution in [3.05, 3.63) is 53.3 Å². The SMILES string of the molecule is COc1cc(CNC(=O)CN(Cc2ccccc2F)C2CC2)cc(OC)c1OC. The molecule has 1 fully saturated rings. The van der Waals surface area contributed by atoms with Gasteiger partial charge in [-0.1, -0.05) is 18.2 Å². The normalized spacial score (nSPS) is 13.3. The van der Waals surface area contributed by atoms with Gasteiger partial charge in [-0.05, 0) is 36.6 Å². The summed E-state index contributed by atoms with van der Waals surface area (Å²) >= 11 is 0. The lowest BCUT2D eigenvalue weighted by atomic mass is 10.1. The molecule has 1 saturated carbocycles. The van der Waals surface area contributed by atoms with Gasteiger partial charge in [0.2, 0.25) is 11.7 Å². The molecule has 3 rings (SSSR count). The number of amides is 1. The molecule has 1 aliphatic rings. The molecule has 0 aliphatic heterocycles. The van der Waals surface area contributed by atoms with Gasteiger partial charge in [-0.3, -0.25) is 9.69 Å². The second-order valence-electron chi connectivity index (χ2n) is 7.04. The van der Waals surface area contributed by atoms with Crippen LogP contribution in [0, 0.1) is 5.82 Å². The fraction of sp³-hybridized carbons (Fsp3) is 0.409. The van der Waals surface area contributed by atoms with E-state index in [9.17, 15) is 9.18 Å². The smallest absolute Gasteiger partial charge is 0.234 e. The van der Waals surface area contributed by atoms with Gasteiger partial charge in [0.25, 0.3) is 0 Å². The summed E-state index contributed by atoms with van der Waals surface area (Å²) in [7, 11) is 4.65. The number of rotatable bonds is 10. The van der Waals surface area contributed by atoms with Crippen molar-refractivity contribution in [2.24, 2.45) is 0 Å². The highest BCUT2D eigenvalue weighted by Gasteiger charge is 2.30. The highest BCUT2D eigenvalue weighted by atomic mass is 19.1. The molecule has 0 spiro atoms. The van der Waals surface area contributed by atoms with Crippen LogP contribution in [0.15, 0.2) is 36.4 Å². The van der Waals surface area contributed by atoms with E-state index in [1.807, 2.05) is 11.0 Å². The molecule has 29 heavy (non-hydrogen) atoms. The third-order valence-electron chi connectivity index (χ3n) is 4.96. The second-order valence-corrected chi connectivity index (χ2v) is 7.04. The Morgan fingerprint density at radius 3 is 2.31 bits per heavy atom. The number of hydrogen-bond donors (Lipinski definition) is 1. The maximum absolute atomic E-state index is 14.0. The van der Waals surface area contributed by atoms with Gasteiger partial charge < -0.3 is 19.5 Å². The van der Waals surface area contributed by atoms with Gasteiger partial charge in [0.15, 0.2) is 11.5 Å². The van der Waals surface area contributed by atoms with Crippen molar-refractivity contribution in [1.29, 1.82) is 0 Å². The van der Waals surface area contributed by atoms with Gasteiger partial charge in [0.1, 0.15) is 5.82 Å². The van der Waals surface area contributed by atoms with Crippen molar-refractivity contribution in [1.82, 2.24) is 10.2 Å². The molecule has 0 aromatic heterocycles. The summed E-state index contributed by atoms with van der Waals surface area (Å²) in [5.41, 5.74) is 1.44. The molecule has 1 N–H and O–H groups in total. The number of carbonyl (C=O) groups excluding carboxylic acids is 1. The van der Waals surface area contributed by atoms with E-state index in [4.69, 9.17) is 14.2 Å². The van der Waals surface area contributed by atoms with E-state index in [1.165, 1.54) is 6.07 Å². The number of benzene rings is 2. The lowest BCUT2D eigenvalue weighted by molar-refractivity contribution is -0.122. The third kappa shape index (κ3) is 5.38. The van der Waals surface area contributed by atoms with Gasteiger partial charge in [-0.25, -0.2) is 4.39 Å². The van der Waals surface area contributed by atoms with E-state index in [0.29, 0.717) is 41.9 Å². The van der Waals surface area contributed by atoms with Crippen LogP contribution in [-0.2, 0) is 17.9 Å². The van der Waals surface area contributed by atoms with E-state index in [-0.39, 0.29) is 18.3 Å². The largest absolute Gasteiger partial charge is 0.493 e. The zero-order valence-electron chi connectivity index (χ0n) is 17.0. The summed E-state index contributed by atoms with van der Waals surface area (Å²) in [5.74, 6) is 1.23. The molecule has 0 saturated heterocycles. The molecule has 6 nitrogen and oxygen atoms in total. The van der Waals surface area contributed by atoms with E-state index in [0.717, 1.165) is 18.4 Å². The number of methoxy groups -OCH3 is 3. The lowest BCUT2D eigenvalue weighted by Gasteiger charge is -2.22. The van der Waals surface area contributed by atoms with Crippen LogP contribution in [0.2, 0.25) is 0 Å². The Balaban J connectivity index is 1.62. The van der Waals surface area contributed by atoms with Crippen LogP contribution in [0.4, 0.5) is 4.39 Å². The summed E-state index contributed by atoms with van der Waals surface area (Å²) in [4.78, 5) is 14.6. The summed E-state index contributed by atoms with van der Waals surface area (Å²) in [6, 6.07) is 10.6. The number of carbonyl (C=O) groups is 1. The van der Waals surface area contributed by atoms with Crippen LogP contribution in [0.25, 0.3) is 0 Å². The van der Waals surface area contributed by atoms with Crippen molar-refractivity contribution >= 4 is 5.91 Å². The maximum atomic E-state index is 14.0. The standard InChI is InChI=1S/C22H27FN2O4/c1-27-19-10-15(11-20(28-2)22(19)29-3)12-24-21(26)14-25(17-8-9-17)13-16-6-4-5-7-18(16)23/h4-7,10-11,17H,8-9,12-14H2,1-3H3,(H,24,26). The number of hydrogen-bond acceptors (Lipinski definition) is 5. The molecule has 0 bridgehead atoms. The Hall–Kier alpha value is -2.80. The maximum Gasteiger partial charge on any atom is 0.234 e. The molecule has 2 aromatic rings. The topological polar surface area (TPSA) is 60.0 Å². The molecule has 0 unspecified atom stereocenters. The molecule has 7 heteroatoms. The minimum atomic E-state index is -0.240. The summed E-state index contributed by atoms with van der Waals surface area (Å²) < 4.78 is 30.0. The zero-order chi connectivity index (χ0) is 20.8. The van der Waals surface area contributed by atoms with E-state index < -0.39 is 0 Å². The van der Waals surface area contributed by atoms with Gasteiger partial charge in [0.05, 0.1) is 27.9 Å². The Kier molecular flexibility index (Phi) is 6.93. The monoisotopic (exact) mass is 402 g/mol. The van der Waals surface area contributed by atoms with Crippen LogP contribution >= 0.6 is 0 Å². The molecule has 1 amide bonds.